The third-order valence-electron chi connectivity index (χ3n) is 4.09. The summed E-state index contributed by atoms with van der Waals surface area (Å²) in [7, 11) is 0. The molecule has 1 fully saturated rings. The minimum absolute atomic E-state index is 0.196. The van der Waals surface area contributed by atoms with E-state index in [4.69, 9.17) is 32.8 Å². The Kier molecular flexibility index (Phi) is 5.76. The number of halogens is 2. The van der Waals surface area contributed by atoms with Crippen LogP contribution >= 0.6 is 23.2 Å². The number of aliphatic carboxylic acids is 1. The van der Waals surface area contributed by atoms with Gasteiger partial charge in [0.25, 0.3) is 0 Å². The normalized spacial score (nSPS) is 14.3. The number of hydrogen-bond donors (Lipinski definition) is 1. The van der Waals surface area contributed by atoms with Gasteiger partial charge in [0.15, 0.2) is 0 Å². The van der Waals surface area contributed by atoms with Crippen LogP contribution in [0.25, 0.3) is 17.3 Å². The summed E-state index contributed by atoms with van der Waals surface area (Å²) >= 11 is 12.5. The van der Waals surface area contributed by atoms with Crippen molar-refractivity contribution in [3.8, 4) is 11.3 Å². The lowest BCUT2D eigenvalue weighted by atomic mass is 10.0. The molecule has 3 rings (SSSR count). The average Bonchev–Trinajstić information content (AvgIpc) is 3.32. The lowest BCUT2D eigenvalue weighted by molar-refractivity contribution is -0.137. The molecule has 1 saturated carbocycles. The van der Waals surface area contributed by atoms with Gasteiger partial charge >= 0.3 is 5.97 Å². The van der Waals surface area contributed by atoms with Crippen molar-refractivity contribution in [3.63, 3.8) is 0 Å². The third kappa shape index (κ3) is 4.41. The van der Waals surface area contributed by atoms with Crippen LogP contribution in [0.15, 0.2) is 23.0 Å². The Morgan fingerprint density at radius 1 is 1.28 bits per heavy atom. The Hall–Kier alpha value is -1.85. The fourth-order valence-electron chi connectivity index (χ4n) is 2.67. The fraction of sp³-hybridized carbons (Fsp3) is 0.389. The molecule has 1 aliphatic carbocycles. The molecule has 2 heterocycles. The molecule has 0 unspecified atom stereocenters. The molecule has 2 aromatic rings. The molecular weight excluding hydrogens is 363 g/mol. The molecule has 0 spiro atoms. The van der Waals surface area contributed by atoms with Gasteiger partial charge in [-0.2, -0.15) is 0 Å². The van der Waals surface area contributed by atoms with Crippen molar-refractivity contribution in [2.45, 2.75) is 44.4 Å². The molecule has 0 amide bonds. The predicted octanol–water partition coefficient (Wildman–Crippen LogP) is 5.58. The van der Waals surface area contributed by atoms with Gasteiger partial charge in [-0.15, -0.1) is 0 Å². The second-order valence-electron chi connectivity index (χ2n) is 6.10. The summed E-state index contributed by atoms with van der Waals surface area (Å²) in [5, 5.41) is 13.7. The summed E-state index contributed by atoms with van der Waals surface area (Å²) in [6, 6.07) is 0. The Balaban J connectivity index is 1.82. The van der Waals surface area contributed by atoms with Crippen molar-refractivity contribution in [2.75, 3.05) is 0 Å². The van der Waals surface area contributed by atoms with Crippen molar-refractivity contribution < 1.29 is 14.4 Å². The van der Waals surface area contributed by atoms with E-state index in [0.29, 0.717) is 33.6 Å². The first-order valence-electron chi connectivity index (χ1n) is 8.25. The number of allylic oxidation sites excluding steroid dienone is 1. The molecule has 5 nitrogen and oxygen atoms in total. The zero-order valence-electron chi connectivity index (χ0n) is 13.5. The number of hydrogen-bond acceptors (Lipinski definition) is 4. The SMILES string of the molecule is O=C(O)CCCC/C=C/c1c(-c2c(Cl)cncc2Cl)noc1C1CC1. The van der Waals surface area contributed by atoms with E-state index < -0.39 is 5.97 Å². The molecule has 0 saturated heterocycles. The van der Waals surface area contributed by atoms with E-state index in [1.54, 1.807) is 0 Å². The third-order valence-corrected chi connectivity index (χ3v) is 4.66. The number of rotatable bonds is 8. The van der Waals surface area contributed by atoms with Crippen LogP contribution < -0.4 is 0 Å². The van der Waals surface area contributed by atoms with E-state index >= 15 is 0 Å². The number of carbonyl (C=O) groups is 1. The van der Waals surface area contributed by atoms with Gasteiger partial charge in [0.2, 0.25) is 0 Å². The smallest absolute Gasteiger partial charge is 0.303 e. The van der Waals surface area contributed by atoms with E-state index in [1.165, 1.54) is 12.4 Å². The maximum absolute atomic E-state index is 10.5. The standard InChI is InChI=1S/C18H18Cl2N2O3/c19-13-9-21-10-14(20)16(13)17-12(18(25-22-17)11-7-8-11)5-3-1-2-4-6-15(23)24/h3,5,9-11H,1-2,4,6-8H2,(H,23,24)/b5-3+. The topological polar surface area (TPSA) is 76.2 Å². The van der Waals surface area contributed by atoms with Crippen LogP contribution in [0.4, 0.5) is 0 Å². The molecule has 132 valence electrons. The quantitative estimate of drug-likeness (QED) is 0.604. The van der Waals surface area contributed by atoms with E-state index in [2.05, 4.69) is 10.1 Å². The molecule has 7 heteroatoms. The highest BCUT2D eigenvalue weighted by molar-refractivity contribution is 6.39. The van der Waals surface area contributed by atoms with E-state index in [0.717, 1.165) is 37.0 Å². The van der Waals surface area contributed by atoms with Crippen molar-refractivity contribution in [2.24, 2.45) is 0 Å². The van der Waals surface area contributed by atoms with E-state index in [-0.39, 0.29) is 6.42 Å². The molecule has 25 heavy (non-hydrogen) atoms. The number of aromatic nitrogens is 2. The maximum Gasteiger partial charge on any atom is 0.303 e. The van der Waals surface area contributed by atoms with E-state index in [9.17, 15) is 4.79 Å². The molecule has 0 radical (unpaired) electrons. The number of nitrogens with zero attached hydrogens (tertiary/aromatic N) is 2. The van der Waals surface area contributed by atoms with Gasteiger partial charge in [-0.05, 0) is 32.1 Å². The number of pyridine rings is 1. The minimum Gasteiger partial charge on any atom is -0.481 e. The van der Waals surface area contributed by atoms with E-state index in [1.807, 2.05) is 12.2 Å². The summed E-state index contributed by atoms with van der Waals surface area (Å²) in [5.74, 6) is 0.497. The van der Waals surface area contributed by atoms with Gasteiger partial charge in [-0.1, -0.05) is 40.5 Å². The van der Waals surface area contributed by atoms with Gasteiger partial charge in [-0.3, -0.25) is 9.78 Å². The molecule has 1 aliphatic rings. The summed E-state index contributed by atoms with van der Waals surface area (Å²) < 4.78 is 5.58. The lowest BCUT2D eigenvalue weighted by Gasteiger charge is -2.04. The fourth-order valence-corrected chi connectivity index (χ4v) is 3.21. The molecule has 1 N–H and O–H groups in total. The molecule has 0 aromatic carbocycles. The molecule has 0 aliphatic heterocycles. The summed E-state index contributed by atoms with van der Waals surface area (Å²) in [4.78, 5) is 14.5. The monoisotopic (exact) mass is 380 g/mol. The second-order valence-corrected chi connectivity index (χ2v) is 6.92. The average molecular weight is 381 g/mol. The number of unbranched alkanes of at least 4 members (excludes halogenated alkanes) is 2. The van der Waals surface area contributed by atoms with Gasteiger partial charge in [0.05, 0.1) is 10.0 Å². The van der Waals surface area contributed by atoms with Crippen LogP contribution in [0.5, 0.6) is 0 Å². The number of carboxylic acids is 1. The highest BCUT2D eigenvalue weighted by Gasteiger charge is 2.32. The van der Waals surface area contributed by atoms with Gasteiger partial charge in [0, 0.05) is 35.9 Å². The van der Waals surface area contributed by atoms with Crippen LogP contribution in [-0.2, 0) is 4.79 Å². The van der Waals surface area contributed by atoms with Gasteiger partial charge < -0.3 is 9.63 Å². The highest BCUT2D eigenvalue weighted by atomic mass is 35.5. The molecular formula is C18H18Cl2N2O3. The lowest BCUT2D eigenvalue weighted by Crippen LogP contribution is -1.93. The van der Waals surface area contributed by atoms with Crippen LogP contribution in [-0.4, -0.2) is 21.2 Å². The van der Waals surface area contributed by atoms with Crippen molar-refractivity contribution >= 4 is 35.2 Å². The molecule has 2 aromatic heterocycles. The Morgan fingerprint density at radius 2 is 2.00 bits per heavy atom. The van der Waals surface area contributed by atoms with Gasteiger partial charge in [0.1, 0.15) is 11.5 Å². The van der Waals surface area contributed by atoms with Crippen molar-refractivity contribution in [1.29, 1.82) is 0 Å². The zero-order valence-corrected chi connectivity index (χ0v) is 15.1. The first-order chi connectivity index (χ1) is 12.1. The Labute approximate surface area is 155 Å². The summed E-state index contributed by atoms with van der Waals surface area (Å²) in [5.41, 5.74) is 2.15. The van der Waals surface area contributed by atoms with Crippen molar-refractivity contribution in [1.82, 2.24) is 10.1 Å². The molecule has 0 bridgehead atoms. The summed E-state index contributed by atoms with van der Waals surface area (Å²) in [6.45, 7) is 0. The van der Waals surface area contributed by atoms with Crippen molar-refractivity contribution in [3.05, 3.63) is 39.8 Å². The molecule has 0 atom stereocenters. The van der Waals surface area contributed by atoms with Crippen LogP contribution in [0.2, 0.25) is 10.0 Å². The minimum atomic E-state index is -0.761. The largest absolute Gasteiger partial charge is 0.481 e. The van der Waals surface area contributed by atoms with Crippen LogP contribution in [0, 0.1) is 0 Å². The second kappa shape index (κ2) is 8.02. The Bertz CT molecular complexity index is 777. The van der Waals surface area contributed by atoms with Crippen LogP contribution in [0.1, 0.15) is 55.8 Å². The Morgan fingerprint density at radius 3 is 2.64 bits per heavy atom. The van der Waals surface area contributed by atoms with Crippen LogP contribution in [0.3, 0.4) is 0 Å². The first kappa shape index (κ1) is 18.0. The maximum atomic E-state index is 10.5. The summed E-state index contributed by atoms with van der Waals surface area (Å²) in [6.07, 6.45) is 11.7. The predicted molar refractivity (Wildman–Crippen MR) is 96.9 cm³/mol. The highest BCUT2D eigenvalue weighted by Crippen LogP contribution is 2.46. The zero-order chi connectivity index (χ0) is 17.8. The first-order valence-corrected chi connectivity index (χ1v) is 9.00. The number of carboxylic acid groups (broad SMARTS) is 1. The van der Waals surface area contributed by atoms with Gasteiger partial charge in [-0.25, -0.2) is 0 Å².